The Morgan fingerprint density at radius 3 is 2.86 bits per heavy atom. The fraction of sp³-hybridized carbons (Fsp3) is 0.308. The summed E-state index contributed by atoms with van der Waals surface area (Å²) in [5, 5.41) is 14.3. The third-order valence-corrected chi connectivity index (χ3v) is 5.55. The minimum Gasteiger partial charge on any atom is -0.477 e. The van der Waals surface area contributed by atoms with Crippen LogP contribution in [0.25, 0.3) is 0 Å². The molecule has 1 fully saturated rings. The standard InChI is InChI=1S/C13H11FN6O6S2/c14-3-26-18-5(8-17-13(15)28-19-8)9(22)16-6-10(23)20-7(12(24)25)4(1-21)2-27-11(6)20/h1,6,11H,2-3H2,(H,16,22)(H,24,25)(H2,15,17,19)/b18-5-/t6-,11-/m1/s1. The molecule has 2 aliphatic rings. The molecule has 0 unspecified atom stereocenters. The van der Waals surface area contributed by atoms with Crippen LogP contribution >= 0.6 is 23.3 Å². The Morgan fingerprint density at radius 2 is 2.29 bits per heavy atom. The molecule has 3 heterocycles. The predicted octanol–water partition coefficient (Wildman–Crippen LogP) is -1.29. The third-order valence-electron chi connectivity index (χ3n) is 3.70. The number of aliphatic carboxylic acids is 1. The lowest BCUT2D eigenvalue weighted by Gasteiger charge is -2.48. The molecule has 0 radical (unpaired) electrons. The number of alkyl halides is 1. The van der Waals surface area contributed by atoms with E-state index in [-0.39, 0.29) is 22.3 Å². The van der Waals surface area contributed by atoms with Crippen LogP contribution in [0.5, 0.6) is 0 Å². The minimum atomic E-state index is -1.42. The molecule has 1 aromatic rings. The van der Waals surface area contributed by atoms with Crippen LogP contribution in [0.2, 0.25) is 0 Å². The van der Waals surface area contributed by atoms with Crippen molar-refractivity contribution in [2.24, 2.45) is 5.16 Å². The minimum absolute atomic E-state index is 0.0297. The molecule has 0 aliphatic carbocycles. The highest BCUT2D eigenvalue weighted by atomic mass is 32.2. The number of nitrogens with one attached hydrogen (secondary N) is 1. The number of rotatable bonds is 7. The molecule has 1 saturated heterocycles. The fourth-order valence-corrected chi connectivity index (χ4v) is 4.27. The number of anilines is 1. The zero-order valence-electron chi connectivity index (χ0n) is 13.7. The molecule has 12 nitrogen and oxygen atoms in total. The van der Waals surface area contributed by atoms with Crippen LogP contribution in [-0.2, 0) is 24.0 Å². The third kappa shape index (κ3) is 3.40. The first-order chi connectivity index (χ1) is 13.4. The highest BCUT2D eigenvalue weighted by Crippen LogP contribution is 2.39. The molecule has 3 rings (SSSR count). The molecule has 1 aromatic heterocycles. The molecule has 0 spiro atoms. The van der Waals surface area contributed by atoms with E-state index in [2.05, 4.69) is 24.7 Å². The Hall–Kier alpha value is -3.07. The molecule has 148 valence electrons. The molecular formula is C13H11FN6O6S2. The van der Waals surface area contributed by atoms with Crippen LogP contribution in [0.1, 0.15) is 5.82 Å². The number of β-lactam (4-membered cyclic amide) rings is 1. The van der Waals surface area contributed by atoms with E-state index >= 15 is 0 Å². The number of carbonyl (C=O) groups excluding carboxylic acids is 3. The van der Waals surface area contributed by atoms with Crippen molar-refractivity contribution >= 4 is 58.2 Å². The molecule has 28 heavy (non-hydrogen) atoms. The van der Waals surface area contributed by atoms with Crippen molar-refractivity contribution in [3.63, 3.8) is 0 Å². The van der Waals surface area contributed by atoms with E-state index in [9.17, 15) is 28.7 Å². The molecule has 2 amide bonds. The van der Waals surface area contributed by atoms with Gasteiger partial charge in [-0.2, -0.15) is 9.36 Å². The van der Waals surface area contributed by atoms with Gasteiger partial charge in [-0.1, -0.05) is 5.16 Å². The maximum absolute atomic E-state index is 12.5. The van der Waals surface area contributed by atoms with Crippen molar-refractivity contribution in [1.82, 2.24) is 19.6 Å². The van der Waals surface area contributed by atoms with Gasteiger partial charge in [-0.3, -0.25) is 19.3 Å². The number of nitrogen functional groups attached to an aromatic ring is 1. The van der Waals surface area contributed by atoms with Gasteiger partial charge < -0.3 is 21.0 Å². The van der Waals surface area contributed by atoms with Crippen LogP contribution < -0.4 is 11.1 Å². The number of aldehydes is 1. The van der Waals surface area contributed by atoms with Crippen LogP contribution in [0.4, 0.5) is 9.52 Å². The quantitative estimate of drug-likeness (QED) is 0.204. The largest absolute Gasteiger partial charge is 0.477 e. The molecule has 0 bridgehead atoms. The predicted molar refractivity (Wildman–Crippen MR) is 93.7 cm³/mol. The van der Waals surface area contributed by atoms with E-state index in [0.29, 0.717) is 6.29 Å². The van der Waals surface area contributed by atoms with Gasteiger partial charge in [0.1, 0.15) is 23.4 Å². The maximum Gasteiger partial charge on any atom is 0.353 e. The Morgan fingerprint density at radius 1 is 1.54 bits per heavy atom. The van der Waals surface area contributed by atoms with Crippen LogP contribution in [0.15, 0.2) is 16.4 Å². The van der Waals surface area contributed by atoms with Gasteiger partial charge in [-0.25, -0.2) is 9.18 Å². The lowest BCUT2D eigenvalue weighted by molar-refractivity contribution is -0.150. The Balaban J connectivity index is 1.80. The lowest BCUT2D eigenvalue weighted by Crippen LogP contribution is -2.71. The van der Waals surface area contributed by atoms with E-state index in [0.717, 1.165) is 28.2 Å². The second-order valence-corrected chi connectivity index (χ2v) is 7.18. The molecule has 2 aliphatic heterocycles. The van der Waals surface area contributed by atoms with Crippen molar-refractivity contribution in [3.8, 4) is 0 Å². The number of nitrogens with two attached hydrogens (primary N) is 1. The Kier molecular flexibility index (Phi) is 5.55. The smallest absolute Gasteiger partial charge is 0.353 e. The number of nitrogens with zero attached hydrogens (tertiary/aromatic N) is 4. The van der Waals surface area contributed by atoms with Crippen molar-refractivity contribution in [3.05, 3.63) is 17.1 Å². The van der Waals surface area contributed by atoms with Gasteiger partial charge in [0.25, 0.3) is 18.7 Å². The highest BCUT2D eigenvalue weighted by molar-refractivity contribution is 8.00. The first kappa shape index (κ1) is 19.7. The van der Waals surface area contributed by atoms with E-state index in [1.165, 1.54) is 0 Å². The van der Waals surface area contributed by atoms with Gasteiger partial charge in [0.2, 0.25) is 11.5 Å². The topological polar surface area (TPSA) is 177 Å². The van der Waals surface area contributed by atoms with Gasteiger partial charge in [0.05, 0.1) is 0 Å². The zero-order chi connectivity index (χ0) is 20.4. The number of hydrogen-bond acceptors (Lipinski definition) is 11. The maximum atomic E-state index is 12.5. The second-order valence-electron chi connectivity index (χ2n) is 5.29. The van der Waals surface area contributed by atoms with E-state index < -0.39 is 47.5 Å². The summed E-state index contributed by atoms with van der Waals surface area (Å²) in [6.07, 6.45) is 0.378. The number of carbonyl (C=O) groups is 4. The molecule has 4 N–H and O–H groups in total. The number of amides is 2. The normalized spacial score (nSPS) is 21.7. The monoisotopic (exact) mass is 430 g/mol. The Bertz CT molecular complexity index is 917. The summed E-state index contributed by atoms with van der Waals surface area (Å²) in [5.74, 6) is -3.25. The Labute approximate surface area is 163 Å². The number of aromatic nitrogens is 2. The van der Waals surface area contributed by atoms with Gasteiger partial charge in [-0.15, -0.1) is 11.8 Å². The van der Waals surface area contributed by atoms with Crippen LogP contribution in [0, 0.1) is 0 Å². The average molecular weight is 430 g/mol. The number of halogens is 1. The number of hydrogen-bond donors (Lipinski definition) is 3. The van der Waals surface area contributed by atoms with Gasteiger partial charge in [0.15, 0.2) is 5.13 Å². The van der Waals surface area contributed by atoms with Crippen LogP contribution in [-0.4, -0.2) is 73.2 Å². The van der Waals surface area contributed by atoms with Gasteiger partial charge in [-0.05, 0) is 0 Å². The number of oxime groups is 1. The number of thioether (sulfide) groups is 1. The van der Waals surface area contributed by atoms with E-state index in [4.69, 9.17) is 5.73 Å². The molecule has 15 heteroatoms. The van der Waals surface area contributed by atoms with Gasteiger partial charge >= 0.3 is 5.97 Å². The zero-order valence-corrected chi connectivity index (χ0v) is 15.3. The summed E-state index contributed by atoms with van der Waals surface area (Å²) in [4.78, 5) is 56.3. The van der Waals surface area contributed by atoms with Gasteiger partial charge in [0, 0.05) is 22.9 Å². The number of fused-ring (bicyclic) bond motifs is 1. The molecule has 0 saturated carbocycles. The fourth-order valence-electron chi connectivity index (χ4n) is 2.55. The van der Waals surface area contributed by atoms with Crippen molar-refractivity contribution in [1.29, 1.82) is 0 Å². The van der Waals surface area contributed by atoms with Crippen molar-refractivity contribution < 1.29 is 33.5 Å². The summed E-state index contributed by atoms with van der Waals surface area (Å²) < 4.78 is 16.1. The summed E-state index contributed by atoms with van der Waals surface area (Å²) in [5.41, 5.74) is 4.50. The highest BCUT2D eigenvalue weighted by Gasteiger charge is 2.54. The SMILES string of the molecule is Nc1nc(/C(=N/OCF)C(=O)N[C@@H]2C(=O)N3C(C(=O)O)=C(C=O)CS[C@H]23)ns1. The van der Waals surface area contributed by atoms with E-state index in [1.807, 2.05) is 0 Å². The first-order valence-electron chi connectivity index (χ1n) is 7.41. The summed E-state index contributed by atoms with van der Waals surface area (Å²) >= 11 is 1.88. The number of carboxylic acids is 1. The lowest BCUT2D eigenvalue weighted by atomic mass is 10.0. The van der Waals surface area contributed by atoms with Crippen molar-refractivity contribution in [2.45, 2.75) is 11.4 Å². The number of carboxylic acid groups (broad SMARTS) is 1. The second kappa shape index (κ2) is 7.89. The summed E-state index contributed by atoms with van der Waals surface area (Å²) in [6.45, 7) is -1.31. The summed E-state index contributed by atoms with van der Waals surface area (Å²) in [7, 11) is 0. The summed E-state index contributed by atoms with van der Waals surface area (Å²) in [6, 6.07) is -1.09. The molecule has 0 aromatic carbocycles. The van der Waals surface area contributed by atoms with Crippen molar-refractivity contribution in [2.75, 3.05) is 18.3 Å². The van der Waals surface area contributed by atoms with E-state index in [1.54, 1.807) is 0 Å². The average Bonchev–Trinajstić information content (AvgIpc) is 3.10. The first-order valence-corrected chi connectivity index (χ1v) is 9.23. The molecular weight excluding hydrogens is 419 g/mol. The van der Waals surface area contributed by atoms with Crippen LogP contribution in [0.3, 0.4) is 0 Å². The molecule has 2 atom stereocenters.